The van der Waals surface area contributed by atoms with Crippen molar-refractivity contribution in [3.63, 3.8) is 0 Å². The number of carbonyl (C=O) groups excluding carboxylic acids is 2. The Morgan fingerprint density at radius 2 is 1.24 bits per heavy atom. The highest BCUT2D eigenvalue weighted by Crippen LogP contribution is 2.36. The normalized spacial score (nSPS) is 18.0. The van der Waals surface area contributed by atoms with Gasteiger partial charge in [0.05, 0.1) is 0 Å². The van der Waals surface area contributed by atoms with Crippen molar-refractivity contribution in [3.05, 3.63) is 83.5 Å². The molecule has 2 aliphatic carbocycles. The van der Waals surface area contributed by atoms with Crippen LogP contribution in [0.15, 0.2) is 77.9 Å². The molecule has 0 unspecified atom stereocenters. The van der Waals surface area contributed by atoms with Gasteiger partial charge in [0.1, 0.15) is 0 Å². The van der Waals surface area contributed by atoms with E-state index in [1.54, 1.807) is 12.2 Å². The van der Waals surface area contributed by atoms with Gasteiger partial charge in [0.2, 0.25) is 0 Å². The molecular formula is C19H16O2. The monoisotopic (exact) mass is 276 g/mol. The summed E-state index contributed by atoms with van der Waals surface area (Å²) in [5.41, 5.74) is 3.41. The van der Waals surface area contributed by atoms with Gasteiger partial charge in [-0.2, -0.15) is 0 Å². The second-order valence-corrected chi connectivity index (χ2v) is 5.26. The Balaban J connectivity index is 2.00. The highest BCUT2D eigenvalue weighted by atomic mass is 16.1. The molecule has 0 aromatic heterocycles. The summed E-state index contributed by atoms with van der Waals surface area (Å²) in [6, 6.07) is 10.2. The molecule has 0 N–H and O–H groups in total. The molecule has 3 rings (SSSR count). The molecule has 1 aromatic rings. The van der Waals surface area contributed by atoms with E-state index in [1.165, 1.54) is 5.56 Å². The minimum Gasteiger partial charge on any atom is -0.295 e. The van der Waals surface area contributed by atoms with Crippen LogP contribution < -0.4 is 0 Å². The Labute approximate surface area is 124 Å². The van der Waals surface area contributed by atoms with Crippen LogP contribution in [0.5, 0.6) is 0 Å². The lowest BCUT2D eigenvalue weighted by Gasteiger charge is -2.23. The fourth-order valence-electron chi connectivity index (χ4n) is 2.74. The molecule has 0 aliphatic heterocycles. The van der Waals surface area contributed by atoms with Crippen LogP contribution in [-0.2, 0) is 9.59 Å². The van der Waals surface area contributed by atoms with Crippen LogP contribution in [0.4, 0.5) is 0 Å². The topological polar surface area (TPSA) is 34.1 Å². The summed E-state index contributed by atoms with van der Waals surface area (Å²) in [6.45, 7) is 0. The maximum Gasteiger partial charge on any atom is 0.159 e. The van der Waals surface area contributed by atoms with E-state index in [1.807, 2.05) is 42.5 Å². The van der Waals surface area contributed by atoms with Gasteiger partial charge in [-0.3, -0.25) is 9.59 Å². The smallest absolute Gasteiger partial charge is 0.159 e. The van der Waals surface area contributed by atoms with E-state index in [2.05, 4.69) is 12.1 Å². The largest absolute Gasteiger partial charge is 0.295 e. The van der Waals surface area contributed by atoms with E-state index < -0.39 is 0 Å². The van der Waals surface area contributed by atoms with Gasteiger partial charge in [-0.1, -0.05) is 54.6 Å². The molecule has 104 valence electrons. The van der Waals surface area contributed by atoms with E-state index in [-0.39, 0.29) is 17.5 Å². The van der Waals surface area contributed by atoms with E-state index in [0.717, 1.165) is 11.1 Å². The van der Waals surface area contributed by atoms with Crippen molar-refractivity contribution in [1.29, 1.82) is 0 Å². The first-order valence-corrected chi connectivity index (χ1v) is 7.11. The molecule has 0 fully saturated rings. The van der Waals surface area contributed by atoms with Gasteiger partial charge in [-0.15, -0.1) is 0 Å². The highest BCUT2D eigenvalue weighted by molar-refractivity contribution is 5.94. The van der Waals surface area contributed by atoms with Crippen molar-refractivity contribution < 1.29 is 9.59 Å². The summed E-state index contributed by atoms with van der Waals surface area (Å²) in [6.07, 6.45) is 12.0. The van der Waals surface area contributed by atoms with Crippen molar-refractivity contribution in [2.24, 2.45) is 0 Å². The Hall–Kier alpha value is -2.48. The van der Waals surface area contributed by atoms with Crippen molar-refractivity contribution in [2.45, 2.75) is 18.8 Å². The summed E-state index contributed by atoms with van der Waals surface area (Å²) in [4.78, 5) is 22.8. The molecule has 21 heavy (non-hydrogen) atoms. The molecule has 0 bridgehead atoms. The van der Waals surface area contributed by atoms with Crippen LogP contribution in [0.3, 0.4) is 0 Å². The van der Waals surface area contributed by atoms with Gasteiger partial charge in [0, 0.05) is 18.8 Å². The SMILES string of the molecule is O=C1C=CC(C(C2=CCC(=O)C=C2)c2ccccc2)=CC1. The van der Waals surface area contributed by atoms with Gasteiger partial charge in [0.15, 0.2) is 11.6 Å². The van der Waals surface area contributed by atoms with Gasteiger partial charge in [-0.05, 0) is 28.9 Å². The minimum atomic E-state index is 0.0832. The van der Waals surface area contributed by atoms with E-state index in [4.69, 9.17) is 0 Å². The van der Waals surface area contributed by atoms with Crippen molar-refractivity contribution in [3.8, 4) is 0 Å². The average Bonchev–Trinajstić information content (AvgIpc) is 2.52. The lowest BCUT2D eigenvalue weighted by molar-refractivity contribution is -0.114. The van der Waals surface area contributed by atoms with Crippen LogP contribution >= 0.6 is 0 Å². The lowest BCUT2D eigenvalue weighted by Crippen LogP contribution is -2.10. The Bertz CT molecular complexity index is 646. The second kappa shape index (κ2) is 5.88. The quantitative estimate of drug-likeness (QED) is 0.844. The first kappa shape index (κ1) is 13.5. The first-order chi connectivity index (χ1) is 10.2. The van der Waals surface area contributed by atoms with Gasteiger partial charge >= 0.3 is 0 Å². The highest BCUT2D eigenvalue weighted by Gasteiger charge is 2.21. The molecule has 0 saturated heterocycles. The molecule has 2 heteroatoms. The number of hydrogen-bond acceptors (Lipinski definition) is 2. The molecule has 2 aliphatic rings. The number of carbonyl (C=O) groups is 2. The third kappa shape index (κ3) is 3.00. The number of benzene rings is 1. The lowest BCUT2D eigenvalue weighted by atomic mass is 9.80. The number of hydrogen-bond donors (Lipinski definition) is 0. The predicted octanol–water partition coefficient (Wildman–Crippen LogP) is 3.68. The van der Waals surface area contributed by atoms with E-state index in [9.17, 15) is 9.59 Å². The molecule has 0 heterocycles. The third-order valence-electron chi connectivity index (χ3n) is 3.80. The zero-order valence-electron chi connectivity index (χ0n) is 11.7. The Morgan fingerprint density at radius 3 is 1.67 bits per heavy atom. The van der Waals surface area contributed by atoms with Crippen molar-refractivity contribution in [2.75, 3.05) is 0 Å². The van der Waals surface area contributed by atoms with Crippen LogP contribution in [0.1, 0.15) is 24.3 Å². The summed E-state index contributed by atoms with van der Waals surface area (Å²) >= 11 is 0. The third-order valence-corrected chi connectivity index (χ3v) is 3.80. The molecule has 2 nitrogen and oxygen atoms in total. The maximum atomic E-state index is 11.4. The second-order valence-electron chi connectivity index (χ2n) is 5.26. The molecular weight excluding hydrogens is 260 g/mol. The summed E-state index contributed by atoms with van der Waals surface area (Å²) in [5, 5.41) is 0. The molecule has 0 atom stereocenters. The summed E-state index contributed by atoms with van der Waals surface area (Å²) < 4.78 is 0. The number of rotatable bonds is 3. The van der Waals surface area contributed by atoms with Crippen molar-refractivity contribution in [1.82, 2.24) is 0 Å². The maximum absolute atomic E-state index is 11.4. The number of ketones is 2. The zero-order chi connectivity index (χ0) is 14.7. The fourth-order valence-corrected chi connectivity index (χ4v) is 2.74. The van der Waals surface area contributed by atoms with Crippen molar-refractivity contribution >= 4 is 11.6 Å². The fraction of sp³-hybridized carbons (Fsp3) is 0.158. The zero-order valence-corrected chi connectivity index (χ0v) is 11.7. The molecule has 1 aromatic carbocycles. The van der Waals surface area contributed by atoms with E-state index in [0.29, 0.717) is 12.8 Å². The standard InChI is InChI=1S/C19H16O2/c20-17-10-6-15(7-11-17)19(14-4-2-1-3-5-14)16-8-12-18(21)13-9-16/h1-10,12,19H,11,13H2. The van der Waals surface area contributed by atoms with Gasteiger partial charge in [-0.25, -0.2) is 0 Å². The molecule has 0 amide bonds. The van der Waals surface area contributed by atoms with E-state index >= 15 is 0 Å². The summed E-state index contributed by atoms with van der Waals surface area (Å²) in [5.74, 6) is 0.350. The molecule has 0 spiro atoms. The summed E-state index contributed by atoms with van der Waals surface area (Å²) in [7, 11) is 0. The number of allylic oxidation sites excluding steroid dienone is 8. The minimum absolute atomic E-state index is 0.0832. The van der Waals surface area contributed by atoms with Crippen LogP contribution in [0, 0.1) is 0 Å². The molecule has 0 saturated carbocycles. The first-order valence-electron chi connectivity index (χ1n) is 7.11. The Morgan fingerprint density at radius 1 is 0.714 bits per heavy atom. The predicted molar refractivity (Wildman–Crippen MR) is 82.9 cm³/mol. The molecule has 0 radical (unpaired) electrons. The van der Waals surface area contributed by atoms with Crippen LogP contribution in [-0.4, -0.2) is 11.6 Å². The Kier molecular flexibility index (Phi) is 3.78. The van der Waals surface area contributed by atoms with Gasteiger partial charge < -0.3 is 0 Å². The van der Waals surface area contributed by atoms with Gasteiger partial charge in [0.25, 0.3) is 0 Å². The van der Waals surface area contributed by atoms with Crippen LogP contribution in [0.2, 0.25) is 0 Å². The van der Waals surface area contributed by atoms with Crippen LogP contribution in [0.25, 0.3) is 0 Å². The average molecular weight is 276 g/mol.